The molecule has 1 unspecified atom stereocenters. The van der Waals surface area contributed by atoms with Crippen LogP contribution in [0.3, 0.4) is 0 Å². The third kappa shape index (κ3) is 2.12. The lowest BCUT2D eigenvalue weighted by Crippen LogP contribution is -2.04. The number of rotatable bonds is 3. The molecular weight excluding hydrogens is 254 g/mol. The van der Waals surface area contributed by atoms with Gasteiger partial charge in [-0.1, -0.05) is 12.1 Å². The zero-order chi connectivity index (χ0) is 14.3. The first-order valence-corrected chi connectivity index (χ1v) is 6.65. The molecule has 0 saturated heterocycles. The molecule has 0 aliphatic carbocycles. The van der Waals surface area contributed by atoms with Gasteiger partial charge in [0.1, 0.15) is 17.0 Å². The van der Waals surface area contributed by atoms with E-state index in [4.69, 9.17) is 8.83 Å². The molecule has 0 aliphatic rings. The first kappa shape index (κ1) is 12.9. The minimum absolute atomic E-state index is 0.343. The predicted molar refractivity (Wildman–Crippen MR) is 75.6 cm³/mol. The number of fused-ring (bicyclic) bond motifs is 1. The summed E-state index contributed by atoms with van der Waals surface area (Å²) in [5.74, 6) is 2.13. The molecule has 0 fully saturated rings. The number of furan rings is 1. The molecule has 104 valence electrons. The summed E-state index contributed by atoms with van der Waals surface area (Å²) >= 11 is 0. The largest absolute Gasteiger partial charge is 0.466 e. The molecule has 2 aromatic heterocycles. The highest BCUT2D eigenvalue weighted by Crippen LogP contribution is 2.29. The van der Waals surface area contributed by atoms with Crippen molar-refractivity contribution >= 4 is 11.1 Å². The van der Waals surface area contributed by atoms with Gasteiger partial charge < -0.3 is 13.9 Å². The Hall–Kier alpha value is -2.07. The molecule has 2 heterocycles. The number of para-hydroxylation sites is 2. The first-order chi connectivity index (χ1) is 9.56. The molecule has 0 aliphatic heterocycles. The smallest absolute Gasteiger partial charge is 0.198 e. The van der Waals surface area contributed by atoms with Crippen molar-refractivity contribution in [1.29, 1.82) is 0 Å². The van der Waals surface area contributed by atoms with Crippen molar-refractivity contribution in [2.24, 2.45) is 0 Å². The van der Waals surface area contributed by atoms with Crippen molar-refractivity contribution in [1.82, 2.24) is 4.98 Å². The highest BCUT2D eigenvalue weighted by atomic mass is 16.4. The predicted octanol–water partition coefficient (Wildman–Crippen LogP) is 3.62. The Morgan fingerprint density at radius 3 is 2.50 bits per heavy atom. The number of hydrogen-bond donors (Lipinski definition) is 1. The quantitative estimate of drug-likeness (QED) is 0.790. The van der Waals surface area contributed by atoms with E-state index in [1.165, 1.54) is 0 Å². The molecule has 0 spiro atoms. The van der Waals surface area contributed by atoms with E-state index in [-0.39, 0.29) is 0 Å². The lowest BCUT2D eigenvalue weighted by molar-refractivity contribution is 0.167. The van der Waals surface area contributed by atoms with Crippen molar-refractivity contribution < 1.29 is 13.9 Å². The number of nitrogens with zero attached hydrogens (tertiary/aromatic N) is 1. The molecule has 20 heavy (non-hydrogen) atoms. The van der Waals surface area contributed by atoms with Crippen LogP contribution in [0.15, 0.2) is 33.1 Å². The molecule has 0 saturated carbocycles. The number of aromatic nitrogens is 1. The minimum Gasteiger partial charge on any atom is -0.466 e. The summed E-state index contributed by atoms with van der Waals surface area (Å²) in [5.41, 5.74) is 3.38. The molecule has 0 radical (unpaired) electrons. The van der Waals surface area contributed by atoms with Crippen molar-refractivity contribution in [3.05, 3.63) is 52.8 Å². The van der Waals surface area contributed by atoms with Gasteiger partial charge in [-0.25, -0.2) is 4.98 Å². The van der Waals surface area contributed by atoms with Gasteiger partial charge in [-0.2, -0.15) is 0 Å². The van der Waals surface area contributed by atoms with E-state index in [0.29, 0.717) is 12.3 Å². The Balaban J connectivity index is 1.90. The van der Waals surface area contributed by atoms with Crippen LogP contribution >= 0.6 is 0 Å². The fourth-order valence-corrected chi connectivity index (χ4v) is 2.57. The SMILES string of the molecule is Cc1oc(C)c(C(O)Cc2nc3ccccc3o2)c1C. The fourth-order valence-electron chi connectivity index (χ4n) is 2.57. The molecule has 1 aromatic carbocycles. The summed E-state index contributed by atoms with van der Waals surface area (Å²) in [5, 5.41) is 10.4. The van der Waals surface area contributed by atoms with Crippen LogP contribution in [0.25, 0.3) is 11.1 Å². The van der Waals surface area contributed by atoms with Gasteiger partial charge in [-0.15, -0.1) is 0 Å². The van der Waals surface area contributed by atoms with Crippen molar-refractivity contribution in [3.63, 3.8) is 0 Å². The molecule has 1 atom stereocenters. The normalized spacial score (nSPS) is 13.0. The Kier molecular flexibility index (Phi) is 3.10. The average Bonchev–Trinajstić information content (AvgIpc) is 2.90. The van der Waals surface area contributed by atoms with Crippen molar-refractivity contribution in [3.8, 4) is 0 Å². The van der Waals surface area contributed by atoms with E-state index < -0.39 is 6.10 Å². The van der Waals surface area contributed by atoms with Crippen LogP contribution in [0, 0.1) is 20.8 Å². The summed E-state index contributed by atoms with van der Waals surface area (Å²) < 4.78 is 11.2. The summed E-state index contributed by atoms with van der Waals surface area (Å²) in [7, 11) is 0. The van der Waals surface area contributed by atoms with Crippen molar-refractivity contribution in [2.75, 3.05) is 0 Å². The number of oxazole rings is 1. The molecular formula is C16H17NO3. The van der Waals surface area contributed by atoms with Crippen LogP contribution in [0.2, 0.25) is 0 Å². The van der Waals surface area contributed by atoms with Crippen LogP contribution in [0.4, 0.5) is 0 Å². The van der Waals surface area contributed by atoms with E-state index in [1.54, 1.807) is 0 Å². The highest BCUT2D eigenvalue weighted by Gasteiger charge is 2.21. The maximum atomic E-state index is 10.4. The second-order valence-electron chi connectivity index (χ2n) is 5.05. The van der Waals surface area contributed by atoms with Crippen LogP contribution in [-0.4, -0.2) is 10.1 Å². The maximum absolute atomic E-state index is 10.4. The summed E-state index contributed by atoms with van der Waals surface area (Å²) in [6, 6.07) is 7.59. The van der Waals surface area contributed by atoms with Gasteiger partial charge in [0.15, 0.2) is 11.5 Å². The standard InChI is InChI=1S/C16H17NO3/c1-9-10(2)19-11(3)16(9)13(18)8-15-17-12-6-4-5-7-14(12)20-15/h4-7,13,18H,8H2,1-3H3. The number of benzene rings is 1. The molecule has 4 heteroatoms. The van der Waals surface area contributed by atoms with E-state index in [2.05, 4.69) is 4.98 Å². The molecule has 1 N–H and O–H groups in total. The van der Waals surface area contributed by atoms with Gasteiger partial charge in [0.05, 0.1) is 12.5 Å². The number of aliphatic hydroxyl groups is 1. The van der Waals surface area contributed by atoms with Gasteiger partial charge in [-0.3, -0.25) is 0 Å². The van der Waals surface area contributed by atoms with Crippen LogP contribution in [0.5, 0.6) is 0 Å². The number of hydrogen-bond acceptors (Lipinski definition) is 4. The molecule has 3 aromatic rings. The number of aliphatic hydroxyl groups excluding tert-OH is 1. The molecule has 0 amide bonds. The Labute approximate surface area is 117 Å². The zero-order valence-corrected chi connectivity index (χ0v) is 11.8. The van der Waals surface area contributed by atoms with Crippen LogP contribution < -0.4 is 0 Å². The molecule has 0 bridgehead atoms. The minimum atomic E-state index is -0.666. The van der Waals surface area contributed by atoms with E-state index in [1.807, 2.05) is 45.0 Å². The Morgan fingerprint density at radius 2 is 1.85 bits per heavy atom. The van der Waals surface area contributed by atoms with Crippen molar-refractivity contribution in [2.45, 2.75) is 33.3 Å². The zero-order valence-electron chi connectivity index (χ0n) is 11.8. The average molecular weight is 271 g/mol. The first-order valence-electron chi connectivity index (χ1n) is 6.65. The number of aryl methyl sites for hydroxylation is 2. The lowest BCUT2D eigenvalue weighted by atomic mass is 10.0. The maximum Gasteiger partial charge on any atom is 0.198 e. The monoisotopic (exact) mass is 271 g/mol. The summed E-state index contributed by atoms with van der Waals surface area (Å²) in [6.45, 7) is 5.72. The van der Waals surface area contributed by atoms with Crippen LogP contribution in [-0.2, 0) is 6.42 Å². The molecule has 4 nitrogen and oxygen atoms in total. The van der Waals surface area contributed by atoms with Gasteiger partial charge in [0, 0.05) is 5.56 Å². The summed E-state index contributed by atoms with van der Waals surface area (Å²) in [6.07, 6.45) is -0.324. The van der Waals surface area contributed by atoms with Gasteiger partial charge in [-0.05, 0) is 38.5 Å². The second kappa shape index (κ2) is 4.80. The topological polar surface area (TPSA) is 59.4 Å². The fraction of sp³-hybridized carbons (Fsp3) is 0.312. The third-order valence-corrected chi connectivity index (χ3v) is 3.66. The lowest BCUT2D eigenvalue weighted by Gasteiger charge is -2.08. The van der Waals surface area contributed by atoms with Gasteiger partial charge >= 0.3 is 0 Å². The van der Waals surface area contributed by atoms with Crippen LogP contribution in [0.1, 0.15) is 34.6 Å². The summed E-state index contributed by atoms with van der Waals surface area (Å²) in [4.78, 5) is 4.39. The molecule has 3 rings (SSSR count). The highest BCUT2D eigenvalue weighted by molar-refractivity contribution is 5.72. The Morgan fingerprint density at radius 1 is 1.10 bits per heavy atom. The van der Waals surface area contributed by atoms with Gasteiger partial charge in [0.2, 0.25) is 0 Å². The van der Waals surface area contributed by atoms with Gasteiger partial charge in [0.25, 0.3) is 0 Å². The third-order valence-electron chi connectivity index (χ3n) is 3.66. The van der Waals surface area contributed by atoms with E-state index >= 15 is 0 Å². The van der Waals surface area contributed by atoms with E-state index in [9.17, 15) is 5.11 Å². The second-order valence-corrected chi connectivity index (χ2v) is 5.05. The van der Waals surface area contributed by atoms with E-state index in [0.717, 1.165) is 33.7 Å². The Bertz CT molecular complexity index is 721.